The molecule has 0 aromatic rings. The van der Waals surface area contributed by atoms with Crippen LogP contribution in [0.25, 0.3) is 0 Å². The van der Waals surface area contributed by atoms with Crippen molar-refractivity contribution >= 4 is 19.8 Å². The molecule has 0 aliphatic rings. The predicted octanol–water partition coefficient (Wildman–Crippen LogP) is 13.1. The Morgan fingerprint density at radius 2 is 1.00 bits per heavy atom. The van der Waals surface area contributed by atoms with Crippen LogP contribution in [0.1, 0.15) is 219 Å². The Labute approximate surface area is 349 Å². The lowest BCUT2D eigenvalue weighted by Crippen LogP contribution is -2.34. The maximum absolute atomic E-state index is 12.7. The molecule has 0 radical (unpaired) electrons. The molecule has 3 unspecified atom stereocenters. The van der Waals surface area contributed by atoms with Crippen LogP contribution in [0.2, 0.25) is 0 Å². The number of unbranched alkanes of at least 4 members (excludes halogenated alkanes) is 27. The largest absolute Gasteiger partial charge is 0.480 e. The molecule has 4 N–H and O–H groups in total. The number of carboxylic acid groups (broad SMARTS) is 1. The van der Waals surface area contributed by atoms with Gasteiger partial charge in [0.25, 0.3) is 0 Å². The molecule has 0 bridgehead atoms. The van der Waals surface area contributed by atoms with Crippen LogP contribution in [0, 0.1) is 0 Å². The topological polar surface area (TPSA) is 155 Å². The van der Waals surface area contributed by atoms with E-state index in [9.17, 15) is 19.0 Å². The molecule has 57 heavy (non-hydrogen) atoms. The van der Waals surface area contributed by atoms with E-state index < -0.39 is 45.1 Å². The molecule has 0 amide bonds. The number of allylic oxidation sites excluding steroid dienone is 4. The molecule has 0 aromatic heterocycles. The van der Waals surface area contributed by atoms with Gasteiger partial charge in [-0.3, -0.25) is 18.6 Å². The van der Waals surface area contributed by atoms with E-state index in [4.69, 9.17) is 29.4 Å². The molecule has 0 aliphatic heterocycles. The van der Waals surface area contributed by atoms with Crippen molar-refractivity contribution in [3.05, 3.63) is 24.3 Å². The Morgan fingerprint density at radius 3 is 1.49 bits per heavy atom. The molecule has 0 aliphatic carbocycles. The molecule has 11 heteroatoms. The van der Waals surface area contributed by atoms with Gasteiger partial charge in [0.1, 0.15) is 12.1 Å². The second-order valence-electron chi connectivity index (χ2n) is 15.9. The standard InChI is InChI=1S/C46H88NO9P/c1-3-5-7-9-11-13-15-17-19-20-21-22-23-24-25-26-28-30-32-34-36-38-45(48)56-43(41-54-57(51,52)55-42-44(47)46(49)50)40-53-39-37-35-33-31-29-27-18-16-14-12-10-8-6-4-2/h8,10,14,16,43-44H,3-7,9,11-13,15,17-42,47H2,1-2H3,(H,49,50)(H,51,52)/b10-8-,16-14-. The summed E-state index contributed by atoms with van der Waals surface area (Å²) in [5.41, 5.74) is 5.36. The van der Waals surface area contributed by atoms with Crippen LogP contribution in [0.3, 0.4) is 0 Å². The highest BCUT2D eigenvalue weighted by atomic mass is 31.2. The van der Waals surface area contributed by atoms with E-state index >= 15 is 0 Å². The lowest BCUT2D eigenvalue weighted by Gasteiger charge is -2.20. The van der Waals surface area contributed by atoms with Crippen molar-refractivity contribution in [1.29, 1.82) is 0 Å². The van der Waals surface area contributed by atoms with Gasteiger partial charge in [0, 0.05) is 13.0 Å². The van der Waals surface area contributed by atoms with Gasteiger partial charge < -0.3 is 25.2 Å². The highest BCUT2D eigenvalue weighted by Gasteiger charge is 2.27. The zero-order valence-electron chi connectivity index (χ0n) is 36.7. The molecule has 0 heterocycles. The van der Waals surface area contributed by atoms with E-state index in [1.165, 1.54) is 141 Å². The van der Waals surface area contributed by atoms with Gasteiger partial charge in [0.05, 0.1) is 19.8 Å². The number of aliphatic carboxylic acids is 1. The number of ether oxygens (including phenoxy) is 2. The van der Waals surface area contributed by atoms with Crippen molar-refractivity contribution in [2.24, 2.45) is 5.73 Å². The lowest BCUT2D eigenvalue weighted by molar-refractivity contribution is -0.154. The highest BCUT2D eigenvalue weighted by Crippen LogP contribution is 2.43. The third-order valence-electron chi connectivity index (χ3n) is 10.2. The van der Waals surface area contributed by atoms with E-state index in [1.807, 2.05) is 0 Å². The van der Waals surface area contributed by atoms with E-state index in [1.54, 1.807) is 0 Å². The summed E-state index contributed by atoms with van der Waals surface area (Å²) < 4.78 is 33.4. The average Bonchev–Trinajstić information content (AvgIpc) is 3.19. The van der Waals surface area contributed by atoms with Gasteiger partial charge in [0.15, 0.2) is 0 Å². The van der Waals surface area contributed by atoms with E-state index in [0.717, 1.165) is 51.4 Å². The number of hydrogen-bond acceptors (Lipinski definition) is 8. The van der Waals surface area contributed by atoms with E-state index in [-0.39, 0.29) is 13.0 Å². The molecule has 0 fully saturated rings. The molecule has 3 atom stereocenters. The molecule has 0 rings (SSSR count). The smallest absolute Gasteiger partial charge is 0.472 e. The molecule has 0 aromatic carbocycles. The fourth-order valence-electron chi connectivity index (χ4n) is 6.58. The van der Waals surface area contributed by atoms with E-state index in [0.29, 0.717) is 13.0 Å². The fourth-order valence-corrected chi connectivity index (χ4v) is 7.36. The summed E-state index contributed by atoms with van der Waals surface area (Å²) in [4.78, 5) is 33.6. The van der Waals surface area contributed by atoms with Gasteiger partial charge in [-0.2, -0.15) is 0 Å². The molecule has 0 saturated heterocycles. The zero-order chi connectivity index (χ0) is 41.9. The maximum Gasteiger partial charge on any atom is 0.472 e. The minimum atomic E-state index is -4.62. The summed E-state index contributed by atoms with van der Waals surface area (Å²) in [6, 6.07) is -1.47. The van der Waals surface area contributed by atoms with Gasteiger partial charge in [0.2, 0.25) is 0 Å². The number of nitrogens with two attached hydrogens (primary N) is 1. The summed E-state index contributed by atoms with van der Waals surface area (Å²) in [6.07, 6.45) is 46.6. The minimum absolute atomic E-state index is 0.0135. The van der Waals surface area contributed by atoms with Gasteiger partial charge in [-0.05, 0) is 38.5 Å². The number of esters is 1. The summed E-state index contributed by atoms with van der Waals surface area (Å²) in [5.74, 6) is -1.77. The summed E-state index contributed by atoms with van der Waals surface area (Å²) in [7, 11) is -4.62. The van der Waals surface area contributed by atoms with Crippen molar-refractivity contribution in [1.82, 2.24) is 0 Å². The molecule has 336 valence electrons. The quantitative estimate of drug-likeness (QED) is 0.0234. The third kappa shape index (κ3) is 42.4. The van der Waals surface area contributed by atoms with Crippen LogP contribution in [-0.2, 0) is 32.7 Å². The number of hydrogen-bond donors (Lipinski definition) is 3. The number of phosphoric acid groups is 1. The first kappa shape index (κ1) is 55.5. The SMILES string of the molecule is CCC/C=C\C/C=C\CCCCCCCCOCC(COP(=O)(O)OCC(N)C(=O)O)OC(=O)CCCCCCCCCCCCCCCCCCCCCCC. The Kier molecular flexibility index (Phi) is 41.4. The molecular formula is C46H88NO9P. The van der Waals surface area contributed by atoms with Gasteiger partial charge >= 0.3 is 19.8 Å². The van der Waals surface area contributed by atoms with Gasteiger partial charge in [-0.25, -0.2) is 4.57 Å². The summed E-state index contributed by atoms with van der Waals surface area (Å²) in [6.45, 7) is 3.83. The number of carboxylic acids is 1. The Hall–Kier alpha value is -1.55. The van der Waals surface area contributed by atoms with Crippen molar-refractivity contribution in [2.75, 3.05) is 26.4 Å². The van der Waals surface area contributed by atoms with Crippen molar-refractivity contribution in [3.8, 4) is 0 Å². The Morgan fingerprint density at radius 1 is 0.561 bits per heavy atom. The number of rotatable bonds is 45. The monoisotopic (exact) mass is 830 g/mol. The first-order chi connectivity index (χ1) is 27.7. The van der Waals surface area contributed by atoms with Gasteiger partial charge in [-0.15, -0.1) is 0 Å². The van der Waals surface area contributed by atoms with Crippen LogP contribution in [0.5, 0.6) is 0 Å². The second kappa shape index (κ2) is 42.6. The minimum Gasteiger partial charge on any atom is -0.480 e. The normalized spacial score (nSPS) is 14.0. The van der Waals surface area contributed by atoms with Crippen LogP contribution >= 0.6 is 7.82 Å². The molecule has 0 saturated carbocycles. The number of phosphoric ester groups is 1. The number of carbonyl (C=O) groups excluding carboxylic acids is 1. The number of carbonyl (C=O) groups is 2. The first-order valence-electron chi connectivity index (χ1n) is 23.4. The van der Waals surface area contributed by atoms with Crippen molar-refractivity contribution in [3.63, 3.8) is 0 Å². The maximum atomic E-state index is 12.7. The Balaban J connectivity index is 4.13. The lowest BCUT2D eigenvalue weighted by atomic mass is 10.0. The van der Waals surface area contributed by atoms with Crippen LogP contribution in [-0.4, -0.2) is 60.5 Å². The van der Waals surface area contributed by atoms with Crippen molar-refractivity contribution in [2.45, 2.75) is 231 Å². The molecule has 0 spiro atoms. The predicted molar refractivity (Wildman–Crippen MR) is 235 cm³/mol. The summed E-state index contributed by atoms with van der Waals surface area (Å²) >= 11 is 0. The van der Waals surface area contributed by atoms with Crippen LogP contribution in [0.4, 0.5) is 0 Å². The highest BCUT2D eigenvalue weighted by molar-refractivity contribution is 7.47. The molecule has 10 nitrogen and oxygen atoms in total. The third-order valence-corrected chi connectivity index (χ3v) is 11.2. The fraction of sp³-hybridized carbons (Fsp3) is 0.870. The zero-order valence-corrected chi connectivity index (χ0v) is 37.6. The van der Waals surface area contributed by atoms with Crippen LogP contribution in [0.15, 0.2) is 24.3 Å². The van der Waals surface area contributed by atoms with Gasteiger partial charge in [-0.1, -0.05) is 199 Å². The average molecular weight is 830 g/mol. The first-order valence-corrected chi connectivity index (χ1v) is 24.9. The Bertz CT molecular complexity index is 1010. The second-order valence-corrected chi connectivity index (χ2v) is 17.3. The van der Waals surface area contributed by atoms with Crippen molar-refractivity contribution < 1.29 is 42.7 Å². The molecular weight excluding hydrogens is 741 g/mol. The van der Waals surface area contributed by atoms with E-state index in [2.05, 4.69) is 38.2 Å². The summed E-state index contributed by atoms with van der Waals surface area (Å²) in [5, 5.41) is 8.90. The van der Waals surface area contributed by atoms with Crippen LogP contribution < -0.4 is 5.73 Å².